The van der Waals surface area contributed by atoms with Gasteiger partial charge in [0, 0.05) is 0 Å². The van der Waals surface area contributed by atoms with Crippen LogP contribution in [0.3, 0.4) is 0 Å². The van der Waals surface area contributed by atoms with E-state index in [9.17, 15) is 4.79 Å². The van der Waals surface area contributed by atoms with Crippen LogP contribution in [-0.4, -0.2) is 26.2 Å². The van der Waals surface area contributed by atoms with Gasteiger partial charge >= 0.3 is 0 Å². The fourth-order valence-corrected chi connectivity index (χ4v) is 2.13. The van der Waals surface area contributed by atoms with Gasteiger partial charge in [0.2, 0.25) is 0 Å². The van der Waals surface area contributed by atoms with Gasteiger partial charge in [0.15, 0.2) is 0 Å². The van der Waals surface area contributed by atoms with E-state index >= 15 is 0 Å². The summed E-state index contributed by atoms with van der Waals surface area (Å²) in [5.74, 6) is 1.25. The van der Waals surface area contributed by atoms with E-state index < -0.39 is 0 Å². The number of methoxy groups -OCH3 is 1. The number of hydrogen-bond donors (Lipinski definition) is 1. The molecule has 0 aliphatic carbocycles. The second-order valence-corrected chi connectivity index (χ2v) is 5.00. The Labute approximate surface area is 131 Å². The van der Waals surface area contributed by atoms with Crippen LogP contribution in [0.5, 0.6) is 11.5 Å². The van der Waals surface area contributed by atoms with Gasteiger partial charge in [0.05, 0.1) is 19.2 Å². The second-order valence-electron chi connectivity index (χ2n) is 5.00. The maximum Gasteiger partial charge on any atom is 0.255 e. The number of rotatable bonds is 6. The second kappa shape index (κ2) is 7.50. The average Bonchev–Trinajstić information content (AvgIpc) is 2.55. The molecule has 116 valence electrons. The number of benzene rings is 2. The van der Waals surface area contributed by atoms with Crippen LogP contribution in [-0.2, 0) is 0 Å². The zero-order valence-corrected chi connectivity index (χ0v) is 13.2. The molecule has 4 nitrogen and oxygen atoms in total. The summed E-state index contributed by atoms with van der Waals surface area (Å²) in [5.41, 5.74) is 2.84. The lowest BCUT2D eigenvalue weighted by Gasteiger charge is -2.12. The van der Waals surface area contributed by atoms with Gasteiger partial charge in [-0.2, -0.15) is 0 Å². The maximum absolute atomic E-state index is 12.1. The number of amides is 1. The number of aryl methyl sites for hydroxylation is 1. The van der Waals surface area contributed by atoms with Gasteiger partial charge in [-0.3, -0.25) is 4.79 Å². The van der Waals surface area contributed by atoms with Gasteiger partial charge in [-0.15, -0.1) is 0 Å². The van der Waals surface area contributed by atoms with Crippen molar-refractivity contribution < 1.29 is 14.3 Å². The minimum atomic E-state index is -0.165. The molecule has 0 fully saturated rings. The van der Waals surface area contributed by atoms with Gasteiger partial charge in [0.1, 0.15) is 18.1 Å². The highest BCUT2D eigenvalue weighted by Crippen LogP contribution is 2.20. The van der Waals surface area contributed by atoms with Crippen molar-refractivity contribution in [3.05, 3.63) is 59.2 Å². The molecule has 1 amide bonds. The van der Waals surface area contributed by atoms with Gasteiger partial charge in [-0.1, -0.05) is 24.3 Å². The summed E-state index contributed by atoms with van der Waals surface area (Å²) >= 11 is 0. The van der Waals surface area contributed by atoms with Crippen LogP contribution < -0.4 is 14.8 Å². The van der Waals surface area contributed by atoms with Crippen molar-refractivity contribution in [2.24, 2.45) is 0 Å². The van der Waals surface area contributed by atoms with Crippen LogP contribution in [0.25, 0.3) is 0 Å². The van der Waals surface area contributed by atoms with Gasteiger partial charge in [-0.25, -0.2) is 0 Å². The highest BCUT2D eigenvalue weighted by Gasteiger charge is 2.10. The number of nitrogens with one attached hydrogen (secondary N) is 1. The molecule has 2 rings (SSSR count). The smallest absolute Gasteiger partial charge is 0.255 e. The third-order valence-corrected chi connectivity index (χ3v) is 3.55. The first-order valence-electron chi connectivity index (χ1n) is 7.23. The van der Waals surface area contributed by atoms with Crippen molar-refractivity contribution in [1.29, 1.82) is 0 Å². The van der Waals surface area contributed by atoms with E-state index in [-0.39, 0.29) is 5.91 Å². The number of carbonyl (C=O) groups excluding carboxylic acids is 1. The molecule has 22 heavy (non-hydrogen) atoms. The fraction of sp³-hybridized carbons (Fsp3) is 0.278. The molecule has 0 heterocycles. The molecule has 0 aliphatic heterocycles. The summed E-state index contributed by atoms with van der Waals surface area (Å²) < 4.78 is 10.9. The van der Waals surface area contributed by atoms with Crippen LogP contribution >= 0.6 is 0 Å². The molecular formula is C18H21NO3. The SMILES string of the molecule is COc1ccccc1C(=O)NCCOc1cccc(C)c1C. The topological polar surface area (TPSA) is 47.6 Å². The number of para-hydroxylation sites is 1. The van der Waals surface area contributed by atoms with Crippen molar-refractivity contribution in [1.82, 2.24) is 5.32 Å². The predicted molar refractivity (Wildman–Crippen MR) is 86.7 cm³/mol. The lowest BCUT2D eigenvalue weighted by Crippen LogP contribution is -2.28. The van der Waals surface area contributed by atoms with Crippen LogP contribution in [0.4, 0.5) is 0 Å². The molecule has 0 bridgehead atoms. The lowest BCUT2D eigenvalue weighted by atomic mass is 10.1. The zero-order chi connectivity index (χ0) is 15.9. The number of ether oxygens (including phenoxy) is 2. The van der Waals surface area contributed by atoms with Crippen LogP contribution in [0.2, 0.25) is 0 Å². The Morgan fingerprint density at radius 1 is 1.05 bits per heavy atom. The molecule has 0 aliphatic rings. The van der Waals surface area contributed by atoms with Crippen molar-refractivity contribution in [3.8, 4) is 11.5 Å². The number of hydrogen-bond acceptors (Lipinski definition) is 3. The summed E-state index contributed by atoms with van der Waals surface area (Å²) in [6.45, 7) is 4.93. The monoisotopic (exact) mass is 299 g/mol. The first kappa shape index (κ1) is 15.9. The largest absolute Gasteiger partial charge is 0.496 e. The summed E-state index contributed by atoms with van der Waals surface area (Å²) in [4.78, 5) is 12.1. The first-order chi connectivity index (χ1) is 10.6. The fourth-order valence-electron chi connectivity index (χ4n) is 2.13. The van der Waals surface area contributed by atoms with Gasteiger partial charge in [-0.05, 0) is 43.2 Å². The summed E-state index contributed by atoms with van der Waals surface area (Å²) in [6, 6.07) is 13.1. The molecular weight excluding hydrogens is 278 g/mol. The van der Waals surface area contributed by atoms with E-state index in [0.29, 0.717) is 24.5 Å². The van der Waals surface area contributed by atoms with E-state index in [2.05, 4.69) is 5.32 Å². The van der Waals surface area contributed by atoms with Crippen LogP contribution in [0, 0.1) is 13.8 Å². The van der Waals surface area contributed by atoms with E-state index in [4.69, 9.17) is 9.47 Å². The Morgan fingerprint density at radius 3 is 2.55 bits per heavy atom. The van der Waals surface area contributed by atoms with Crippen LogP contribution in [0.1, 0.15) is 21.5 Å². The van der Waals surface area contributed by atoms with Gasteiger partial charge in [0.25, 0.3) is 5.91 Å². The molecule has 2 aromatic rings. The maximum atomic E-state index is 12.1. The lowest BCUT2D eigenvalue weighted by molar-refractivity contribution is 0.0944. The Balaban J connectivity index is 1.86. The number of carbonyl (C=O) groups is 1. The summed E-state index contributed by atoms with van der Waals surface area (Å²) in [6.07, 6.45) is 0. The van der Waals surface area contributed by atoms with Crippen molar-refractivity contribution in [2.45, 2.75) is 13.8 Å². The molecule has 0 saturated carbocycles. The third kappa shape index (κ3) is 3.79. The molecule has 0 aromatic heterocycles. The molecule has 1 N–H and O–H groups in total. The Morgan fingerprint density at radius 2 is 1.77 bits per heavy atom. The summed E-state index contributed by atoms with van der Waals surface area (Å²) in [7, 11) is 1.55. The Kier molecular flexibility index (Phi) is 5.42. The molecule has 0 unspecified atom stereocenters. The van der Waals surface area contributed by atoms with Crippen LogP contribution in [0.15, 0.2) is 42.5 Å². The minimum absolute atomic E-state index is 0.165. The first-order valence-corrected chi connectivity index (χ1v) is 7.23. The van der Waals surface area contributed by atoms with Crippen molar-refractivity contribution in [3.63, 3.8) is 0 Å². The minimum Gasteiger partial charge on any atom is -0.496 e. The predicted octanol–water partition coefficient (Wildman–Crippen LogP) is 3.12. The highest BCUT2D eigenvalue weighted by molar-refractivity contribution is 5.96. The van der Waals surface area contributed by atoms with E-state index in [0.717, 1.165) is 11.3 Å². The quantitative estimate of drug-likeness (QED) is 0.834. The molecule has 0 radical (unpaired) electrons. The van der Waals surface area contributed by atoms with E-state index in [1.54, 1.807) is 19.2 Å². The molecule has 0 spiro atoms. The standard InChI is InChI=1S/C18H21NO3/c1-13-7-6-10-16(14(13)2)22-12-11-19-18(20)15-8-4-5-9-17(15)21-3/h4-10H,11-12H2,1-3H3,(H,19,20). The molecule has 2 aromatic carbocycles. The third-order valence-electron chi connectivity index (χ3n) is 3.55. The highest BCUT2D eigenvalue weighted by atomic mass is 16.5. The van der Waals surface area contributed by atoms with Crippen molar-refractivity contribution in [2.75, 3.05) is 20.3 Å². The molecule has 0 atom stereocenters. The summed E-state index contributed by atoms with van der Waals surface area (Å²) in [5, 5.41) is 2.83. The van der Waals surface area contributed by atoms with E-state index in [1.165, 1.54) is 5.56 Å². The normalized spacial score (nSPS) is 10.1. The molecule has 0 saturated heterocycles. The zero-order valence-electron chi connectivity index (χ0n) is 13.2. The Bertz CT molecular complexity index is 653. The van der Waals surface area contributed by atoms with Crippen molar-refractivity contribution >= 4 is 5.91 Å². The van der Waals surface area contributed by atoms with Gasteiger partial charge < -0.3 is 14.8 Å². The van der Waals surface area contributed by atoms with E-state index in [1.807, 2.05) is 44.2 Å². The molecule has 4 heteroatoms. The Hall–Kier alpha value is -2.49. The average molecular weight is 299 g/mol.